The van der Waals surface area contributed by atoms with Gasteiger partial charge in [-0.05, 0) is 51.5 Å². The molecule has 0 N–H and O–H groups in total. The molecule has 124 valence electrons. The minimum atomic E-state index is -0.759. The Bertz CT molecular complexity index is 587. The first-order valence-corrected chi connectivity index (χ1v) is 7.90. The maximum absolute atomic E-state index is 12.7. The summed E-state index contributed by atoms with van der Waals surface area (Å²) >= 11 is 5.85. The Hall–Kier alpha value is -1.99. The molecule has 1 rings (SSSR count). The molecule has 1 amide bonds. The second-order valence-electron chi connectivity index (χ2n) is 5.58. The summed E-state index contributed by atoms with van der Waals surface area (Å²) in [5, 5.41) is 0.562. The topological polar surface area (TPSA) is 46.6 Å². The number of benzene rings is 1. The van der Waals surface area contributed by atoms with Crippen molar-refractivity contribution < 1.29 is 14.3 Å². The highest BCUT2D eigenvalue weighted by Gasteiger charge is 2.29. The first-order chi connectivity index (χ1) is 10.8. The molecule has 0 heterocycles. The summed E-state index contributed by atoms with van der Waals surface area (Å²) in [7, 11) is 0. The molecule has 0 saturated carbocycles. The quantitative estimate of drug-likeness (QED) is 0.565. The molecule has 0 spiro atoms. The molecule has 0 aliphatic carbocycles. The van der Waals surface area contributed by atoms with E-state index in [0.717, 1.165) is 0 Å². The van der Waals surface area contributed by atoms with Crippen LogP contribution >= 0.6 is 11.6 Å². The third-order valence-corrected chi connectivity index (χ3v) is 3.68. The molecule has 0 saturated heterocycles. The van der Waals surface area contributed by atoms with E-state index in [1.165, 1.54) is 0 Å². The Morgan fingerprint density at radius 3 is 2.43 bits per heavy atom. The van der Waals surface area contributed by atoms with Gasteiger partial charge in [-0.3, -0.25) is 9.59 Å². The van der Waals surface area contributed by atoms with Crippen LogP contribution < -0.4 is 0 Å². The fourth-order valence-electron chi connectivity index (χ4n) is 2.08. The van der Waals surface area contributed by atoms with E-state index in [-0.39, 0.29) is 18.3 Å². The summed E-state index contributed by atoms with van der Waals surface area (Å²) < 4.78 is 4.90. The highest BCUT2D eigenvalue weighted by atomic mass is 35.5. The van der Waals surface area contributed by atoms with E-state index in [1.54, 1.807) is 49.9 Å². The van der Waals surface area contributed by atoms with Gasteiger partial charge < -0.3 is 9.64 Å². The zero-order valence-corrected chi connectivity index (χ0v) is 14.5. The van der Waals surface area contributed by atoms with Crippen LogP contribution in [0.25, 0.3) is 0 Å². The van der Waals surface area contributed by atoms with Crippen molar-refractivity contribution in [2.45, 2.75) is 39.2 Å². The summed E-state index contributed by atoms with van der Waals surface area (Å²) in [6.45, 7) is 6.08. The van der Waals surface area contributed by atoms with Gasteiger partial charge in [0.1, 0.15) is 0 Å². The van der Waals surface area contributed by atoms with Crippen LogP contribution in [0.15, 0.2) is 24.3 Å². The largest absolute Gasteiger partial charge is 0.466 e. The Morgan fingerprint density at radius 1 is 1.30 bits per heavy atom. The number of terminal acetylenes is 1. The summed E-state index contributed by atoms with van der Waals surface area (Å²) in [5.41, 5.74) is -0.250. The second kappa shape index (κ2) is 8.59. The minimum Gasteiger partial charge on any atom is -0.466 e. The van der Waals surface area contributed by atoms with E-state index in [0.29, 0.717) is 30.2 Å². The average Bonchev–Trinajstić information content (AvgIpc) is 2.51. The third kappa shape index (κ3) is 5.61. The Balaban J connectivity index is 2.85. The van der Waals surface area contributed by atoms with Crippen LogP contribution in [0.2, 0.25) is 5.02 Å². The number of carbonyl (C=O) groups excluding carboxylic acids is 2. The lowest BCUT2D eigenvalue weighted by molar-refractivity contribution is -0.143. The first kappa shape index (κ1) is 19.1. The van der Waals surface area contributed by atoms with Crippen molar-refractivity contribution in [3.63, 3.8) is 0 Å². The number of carbonyl (C=O) groups is 2. The van der Waals surface area contributed by atoms with Gasteiger partial charge in [-0.2, -0.15) is 0 Å². The second-order valence-corrected chi connectivity index (χ2v) is 6.01. The lowest BCUT2D eigenvalue weighted by Gasteiger charge is -2.34. The van der Waals surface area contributed by atoms with Gasteiger partial charge in [0.05, 0.1) is 12.1 Å². The predicted octanol–water partition coefficient (Wildman–Crippen LogP) is 3.54. The van der Waals surface area contributed by atoms with Crippen molar-refractivity contribution in [3.05, 3.63) is 34.9 Å². The summed E-state index contributed by atoms with van der Waals surface area (Å²) in [6.07, 6.45) is 6.31. The average molecular weight is 336 g/mol. The summed E-state index contributed by atoms with van der Waals surface area (Å²) in [5.74, 6) is 2.17. The van der Waals surface area contributed by atoms with E-state index in [1.807, 2.05) is 0 Å². The summed E-state index contributed by atoms with van der Waals surface area (Å²) in [4.78, 5) is 25.8. The lowest BCUT2D eigenvalue weighted by atomic mass is 10.0. The van der Waals surface area contributed by atoms with Crippen LogP contribution in [-0.2, 0) is 9.53 Å². The Morgan fingerprint density at radius 2 is 1.91 bits per heavy atom. The van der Waals surface area contributed by atoms with Gasteiger partial charge in [-0.1, -0.05) is 17.5 Å². The molecule has 0 fully saturated rings. The minimum absolute atomic E-state index is 0.187. The van der Waals surface area contributed by atoms with Crippen LogP contribution in [0.5, 0.6) is 0 Å². The number of nitrogens with zero attached hydrogens (tertiary/aromatic N) is 1. The molecule has 4 nitrogen and oxygen atoms in total. The molecule has 0 aliphatic heterocycles. The molecule has 0 bridgehead atoms. The van der Waals surface area contributed by atoms with Crippen molar-refractivity contribution in [2.75, 3.05) is 13.2 Å². The number of esters is 1. The smallest absolute Gasteiger partial charge is 0.305 e. The van der Waals surface area contributed by atoms with Crippen molar-refractivity contribution in [1.82, 2.24) is 4.90 Å². The van der Waals surface area contributed by atoms with Crippen molar-refractivity contribution >= 4 is 23.5 Å². The van der Waals surface area contributed by atoms with Crippen molar-refractivity contribution in [1.29, 1.82) is 0 Å². The van der Waals surface area contributed by atoms with E-state index >= 15 is 0 Å². The molecular formula is C18H22ClNO3. The fourth-order valence-corrected chi connectivity index (χ4v) is 2.20. The SMILES string of the molecule is C#CC(C)(C)N(CCCC(=O)OCC)C(=O)c1ccc(Cl)cc1. The van der Waals surface area contributed by atoms with Gasteiger partial charge in [0.2, 0.25) is 0 Å². The van der Waals surface area contributed by atoms with Gasteiger partial charge in [0.15, 0.2) is 0 Å². The van der Waals surface area contributed by atoms with Crippen LogP contribution in [-0.4, -0.2) is 35.5 Å². The van der Waals surface area contributed by atoms with Crippen LogP contribution in [0, 0.1) is 12.3 Å². The molecule has 0 atom stereocenters. The zero-order chi connectivity index (χ0) is 17.5. The van der Waals surface area contributed by atoms with Crippen LogP contribution in [0.1, 0.15) is 44.0 Å². The maximum atomic E-state index is 12.7. The molecule has 23 heavy (non-hydrogen) atoms. The zero-order valence-electron chi connectivity index (χ0n) is 13.8. The molecule has 0 aromatic heterocycles. The van der Waals surface area contributed by atoms with Crippen molar-refractivity contribution in [2.24, 2.45) is 0 Å². The number of amides is 1. The van der Waals surface area contributed by atoms with Crippen molar-refractivity contribution in [3.8, 4) is 12.3 Å². The van der Waals surface area contributed by atoms with Gasteiger partial charge in [0.25, 0.3) is 5.91 Å². The molecule has 0 radical (unpaired) electrons. The highest BCUT2D eigenvalue weighted by molar-refractivity contribution is 6.30. The number of ether oxygens (including phenoxy) is 1. The lowest BCUT2D eigenvalue weighted by Crippen LogP contribution is -2.47. The van der Waals surface area contributed by atoms with Gasteiger partial charge >= 0.3 is 5.97 Å². The normalized spacial score (nSPS) is 10.7. The molecule has 0 unspecified atom stereocenters. The summed E-state index contributed by atoms with van der Waals surface area (Å²) in [6, 6.07) is 6.65. The Labute approximate surface area is 142 Å². The predicted molar refractivity (Wildman–Crippen MR) is 91.3 cm³/mol. The first-order valence-electron chi connectivity index (χ1n) is 7.52. The number of rotatable bonds is 7. The molecule has 1 aromatic carbocycles. The Kier molecular flexibility index (Phi) is 7.12. The number of hydrogen-bond donors (Lipinski definition) is 0. The van der Waals surface area contributed by atoms with Gasteiger partial charge in [0, 0.05) is 23.6 Å². The fraction of sp³-hybridized carbons (Fsp3) is 0.444. The van der Waals surface area contributed by atoms with E-state index in [9.17, 15) is 9.59 Å². The van der Waals surface area contributed by atoms with Gasteiger partial charge in [-0.25, -0.2) is 0 Å². The standard InChI is InChI=1S/C18H22ClNO3/c1-5-18(3,4)20(13-7-8-16(21)23-6-2)17(22)14-9-11-15(19)12-10-14/h1,9-12H,6-8,13H2,2-4H3. The van der Waals surface area contributed by atoms with Crippen LogP contribution in [0.3, 0.4) is 0 Å². The molecule has 5 heteroatoms. The monoisotopic (exact) mass is 335 g/mol. The van der Waals surface area contributed by atoms with Gasteiger partial charge in [-0.15, -0.1) is 6.42 Å². The van der Waals surface area contributed by atoms with E-state index < -0.39 is 5.54 Å². The number of hydrogen-bond acceptors (Lipinski definition) is 3. The molecule has 1 aromatic rings. The van der Waals surface area contributed by atoms with Crippen LogP contribution in [0.4, 0.5) is 0 Å². The molecule has 0 aliphatic rings. The molecular weight excluding hydrogens is 314 g/mol. The number of halogens is 1. The van der Waals surface area contributed by atoms with E-state index in [4.69, 9.17) is 22.8 Å². The highest BCUT2D eigenvalue weighted by Crippen LogP contribution is 2.19. The maximum Gasteiger partial charge on any atom is 0.305 e. The van der Waals surface area contributed by atoms with E-state index in [2.05, 4.69) is 5.92 Å². The third-order valence-electron chi connectivity index (χ3n) is 3.43.